The van der Waals surface area contributed by atoms with Crippen molar-refractivity contribution >= 4 is 27.5 Å². The number of carbonyl (C=O) groups is 1. The maximum Gasteiger partial charge on any atom is 0.326 e. The van der Waals surface area contributed by atoms with Gasteiger partial charge in [-0.05, 0) is 37.8 Å². The van der Waals surface area contributed by atoms with Gasteiger partial charge in [-0.2, -0.15) is 8.42 Å². The minimum absolute atomic E-state index is 0.0773. The van der Waals surface area contributed by atoms with Gasteiger partial charge in [0.05, 0.1) is 17.4 Å². The molecule has 1 aromatic rings. The largest absolute Gasteiger partial charge is 0.342 e. The number of hydrogen-bond acceptors (Lipinski definition) is 3. The topological polar surface area (TPSA) is 60.9 Å². The minimum Gasteiger partial charge on any atom is -0.342 e. The molecule has 2 fully saturated rings. The normalized spacial score (nSPS) is 24.0. The van der Waals surface area contributed by atoms with Crippen LogP contribution in [0.25, 0.3) is 0 Å². The number of piperidine rings is 1. The number of amides is 1. The van der Waals surface area contributed by atoms with Gasteiger partial charge in [-0.15, -0.1) is 0 Å². The molecule has 1 aliphatic carbocycles. The molecule has 1 aromatic carbocycles. The number of fused-ring (bicyclic) bond motifs is 1. The molecule has 1 saturated heterocycles. The number of likely N-dealkylation sites (tertiary alicyclic amines) is 1. The van der Waals surface area contributed by atoms with Crippen molar-refractivity contribution in [1.29, 1.82) is 0 Å². The van der Waals surface area contributed by atoms with Crippen LogP contribution in [0.4, 0.5) is 11.4 Å². The Morgan fingerprint density at radius 2 is 1.67 bits per heavy atom. The van der Waals surface area contributed by atoms with Crippen molar-refractivity contribution in [2.75, 3.05) is 28.7 Å². The maximum absolute atomic E-state index is 12.8. The fraction of sp³-hybridized carbons (Fsp3) is 0.588. The highest BCUT2D eigenvalue weighted by atomic mass is 32.2. The number of anilines is 2. The first-order valence-corrected chi connectivity index (χ1v) is 10.1. The summed E-state index contributed by atoms with van der Waals surface area (Å²) < 4.78 is 28.5. The second-order valence-corrected chi connectivity index (χ2v) is 8.78. The standard InChI is InChI=1S/C17H23N3O3S/c1-18-15-7-2-3-8-16(15)20(24(18,22)23)14-9-11-19(12-10-14)17(21)13-5-4-6-13/h2-3,7-8,13-14H,4-6,9-12H2,1H3. The van der Waals surface area contributed by atoms with Gasteiger partial charge >= 0.3 is 10.2 Å². The zero-order chi connectivity index (χ0) is 16.9. The first-order valence-electron chi connectivity index (χ1n) is 8.66. The van der Waals surface area contributed by atoms with Crippen LogP contribution in [0.2, 0.25) is 0 Å². The predicted molar refractivity (Wildman–Crippen MR) is 93.2 cm³/mol. The summed E-state index contributed by atoms with van der Waals surface area (Å²) >= 11 is 0. The molecule has 2 aliphatic heterocycles. The van der Waals surface area contributed by atoms with Crippen molar-refractivity contribution in [3.8, 4) is 0 Å². The molecule has 0 atom stereocenters. The van der Waals surface area contributed by atoms with Gasteiger partial charge in [0.15, 0.2) is 0 Å². The van der Waals surface area contributed by atoms with Crippen LogP contribution in [0.5, 0.6) is 0 Å². The second-order valence-electron chi connectivity index (χ2n) is 6.94. The van der Waals surface area contributed by atoms with Crippen LogP contribution in [0.1, 0.15) is 32.1 Å². The SMILES string of the molecule is CN1c2ccccc2N(C2CCN(C(=O)C3CCC3)CC2)S1(=O)=O. The van der Waals surface area contributed by atoms with Crippen molar-refractivity contribution in [2.24, 2.45) is 5.92 Å². The summed E-state index contributed by atoms with van der Waals surface area (Å²) in [5.74, 6) is 0.477. The number of carbonyl (C=O) groups excluding carboxylic acids is 1. The maximum atomic E-state index is 12.8. The van der Waals surface area contributed by atoms with Crippen molar-refractivity contribution in [3.63, 3.8) is 0 Å². The first kappa shape index (κ1) is 15.7. The Balaban J connectivity index is 1.52. The lowest BCUT2D eigenvalue weighted by atomic mass is 9.84. The summed E-state index contributed by atoms with van der Waals surface area (Å²) in [6.07, 6.45) is 4.57. The van der Waals surface area contributed by atoms with E-state index >= 15 is 0 Å². The molecular weight excluding hydrogens is 326 g/mol. The number of para-hydroxylation sites is 2. The van der Waals surface area contributed by atoms with E-state index in [1.807, 2.05) is 29.2 Å². The van der Waals surface area contributed by atoms with Gasteiger partial charge in [0.1, 0.15) is 0 Å². The van der Waals surface area contributed by atoms with Crippen LogP contribution in [0, 0.1) is 5.92 Å². The summed E-state index contributed by atoms with van der Waals surface area (Å²) in [6, 6.07) is 7.35. The molecule has 0 bridgehead atoms. The second kappa shape index (κ2) is 5.65. The lowest BCUT2D eigenvalue weighted by Crippen LogP contribution is -2.51. The summed E-state index contributed by atoms with van der Waals surface area (Å²) in [4.78, 5) is 14.3. The van der Waals surface area contributed by atoms with Crippen LogP contribution >= 0.6 is 0 Å². The number of hydrogen-bond donors (Lipinski definition) is 0. The van der Waals surface area contributed by atoms with E-state index in [-0.39, 0.29) is 17.9 Å². The molecule has 2 heterocycles. The van der Waals surface area contributed by atoms with E-state index in [2.05, 4.69) is 0 Å². The van der Waals surface area contributed by atoms with Crippen LogP contribution in [-0.4, -0.2) is 45.4 Å². The van der Waals surface area contributed by atoms with E-state index in [4.69, 9.17) is 0 Å². The fourth-order valence-electron chi connectivity index (χ4n) is 3.92. The molecule has 0 aromatic heterocycles. The Hall–Kier alpha value is -1.76. The third-order valence-corrected chi connectivity index (χ3v) is 7.50. The lowest BCUT2D eigenvalue weighted by molar-refractivity contribution is -0.139. The summed E-state index contributed by atoms with van der Waals surface area (Å²) in [5, 5.41) is 0. The molecule has 0 radical (unpaired) electrons. The Bertz CT molecular complexity index is 752. The molecule has 0 N–H and O–H groups in total. The van der Waals surface area contributed by atoms with Crippen molar-refractivity contribution in [3.05, 3.63) is 24.3 Å². The molecule has 3 aliphatic rings. The average molecular weight is 349 g/mol. The van der Waals surface area contributed by atoms with Crippen LogP contribution in [0.3, 0.4) is 0 Å². The smallest absolute Gasteiger partial charge is 0.326 e. The fourth-order valence-corrected chi connectivity index (χ4v) is 5.57. The molecule has 24 heavy (non-hydrogen) atoms. The van der Waals surface area contributed by atoms with Crippen LogP contribution in [-0.2, 0) is 15.0 Å². The Morgan fingerprint density at radius 1 is 1.04 bits per heavy atom. The zero-order valence-electron chi connectivity index (χ0n) is 13.9. The highest BCUT2D eigenvalue weighted by molar-refractivity contribution is 7.94. The number of nitrogens with zero attached hydrogens (tertiary/aromatic N) is 3. The first-order chi connectivity index (χ1) is 11.5. The van der Waals surface area contributed by atoms with Gasteiger partial charge in [-0.3, -0.25) is 9.10 Å². The molecule has 7 heteroatoms. The quantitative estimate of drug-likeness (QED) is 0.820. The molecule has 6 nitrogen and oxygen atoms in total. The van der Waals surface area contributed by atoms with Gasteiger partial charge in [0.25, 0.3) is 0 Å². The third-order valence-electron chi connectivity index (χ3n) is 5.62. The van der Waals surface area contributed by atoms with Crippen molar-refractivity contribution in [1.82, 2.24) is 4.90 Å². The molecule has 1 amide bonds. The number of benzene rings is 1. The molecule has 0 spiro atoms. The highest BCUT2D eigenvalue weighted by Crippen LogP contribution is 2.42. The molecule has 0 unspecified atom stereocenters. The highest BCUT2D eigenvalue weighted by Gasteiger charge is 2.43. The monoisotopic (exact) mass is 349 g/mol. The van der Waals surface area contributed by atoms with Crippen LogP contribution < -0.4 is 8.61 Å². The Labute approximate surface area is 143 Å². The number of rotatable bonds is 2. The van der Waals surface area contributed by atoms with E-state index in [1.165, 1.54) is 4.31 Å². The molecule has 1 saturated carbocycles. The van der Waals surface area contributed by atoms with Gasteiger partial charge in [-0.25, -0.2) is 4.31 Å². The minimum atomic E-state index is -3.51. The third kappa shape index (κ3) is 2.29. The van der Waals surface area contributed by atoms with E-state index in [1.54, 1.807) is 11.4 Å². The molecule has 4 rings (SSSR count). The van der Waals surface area contributed by atoms with Crippen LogP contribution in [0.15, 0.2) is 24.3 Å². The Morgan fingerprint density at radius 3 is 2.25 bits per heavy atom. The van der Waals surface area contributed by atoms with E-state index < -0.39 is 10.2 Å². The van der Waals surface area contributed by atoms with Crippen molar-refractivity contribution in [2.45, 2.75) is 38.1 Å². The van der Waals surface area contributed by atoms with Gasteiger partial charge < -0.3 is 4.90 Å². The Kier molecular flexibility index (Phi) is 3.71. The van der Waals surface area contributed by atoms with E-state index in [9.17, 15) is 13.2 Å². The lowest BCUT2D eigenvalue weighted by Gasteiger charge is -2.39. The van der Waals surface area contributed by atoms with Gasteiger partial charge in [-0.1, -0.05) is 18.6 Å². The van der Waals surface area contributed by atoms with Crippen molar-refractivity contribution < 1.29 is 13.2 Å². The van der Waals surface area contributed by atoms with Gasteiger partial charge in [0, 0.05) is 26.1 Å². The van der Waals surface area contributed by atoms with E-state index in [0.29, 0.717) is 25.9 Å². The van der Waals surface area contributed by atoms with E-state index in [0.717, 1.165) is 30.6 Å². The molecule has 130 valence electrons. The summed E-state index contributed by atoms with van der Waals surface area (Å²) in [5.41, 5.74) is 1.48. The average Bonchev–Trinajstić information content (AvgIpc) is 2.73. The summed E-state index contributed by atoms with van der Waals surface area (Å²) in [7, 11) is -1.91. The molecular formula is C17H23N3O3S. The summed E-state index contributed by atoms with van der Waals surface area (Å²) in [6.45, 7) is 1.30. The zero-order valence-corrected chi connectivity index (χ0v) is 14.7. The predicted octanol–water partition coefficient (Wildman–Crippen LogP) is 1.98. The van der Waals surface area contributed by atoms with Gasteiger partial charge in [0.2, 0.25) is 5.91 Å².